The Morgan fingerprint density at radius 3 is 2.42 bits per heavy atom. The van der Waals surface area contributed by atoms with Crippen molar-refractivity contribution in [1.29, 1.82) is 0 Å². The number of carbonyl (C=O) groups excluding carboxylic acids is 2. The van der Waals surface area contributed by atoms with Crippen molar-refractivity contribution in [2.75, 3.05) is 13.2 Å². The fraction of sp³-hybridized carbons (Fsp3) is 0.519. The lowest BCUT2D eigenvalue weighted by Gasteiger charge is -2.30. The third-order valence-corrected chi connectivity index (χ3v) is 5.40. The average molecular weight is 455 g/mol. The van der Waals surface area contributed by atoms with Gasteiger partial charge in [-0.3, -0.25) is 4.79 Å². The molecule has 1 aromatic carbocycles. The lowest BCUT2D eigenvalue weighted by atomic mass is 9.95. The van der Waals surface area contributed by atoms with Crippen LogP contribution >= 0.6 is 0 Å². The summed E-state index contributed by atoms with van der Waals surface area (Å²) in [6.07, 6.45) is 11.0. The first kappa shape index (κ1) is 26.4. The first-order valence-electron chi connectivity index (χ1n) is 11.8. The number of allylic oxidation sites excluding steroid dienone is 3. The van der Waals surface area contributed by atoms with Gasteiger partial charge in [-0.15, -0.1) is 0 Å². The summed E-state index contributed by atoms with van der Waals surface area (Å²) in [5.74, 6) is -0.424. The molecule has 0 saturated heterocycles. The number of nitrogens with zero attached hydrogens (tertiary/aromatic N) is 2. The van der Waals surface area contributed by atoms with Gasteiger partial charge >= 0.3 is 5.97 Å². The van der Waals surface area contributed by atoms with Gasteiger partial charge in [-0.1, -0.05) is 41.1 Å². The summed E-state index contributed by atoms with van der Waals surface area (Å²) in [5, 5.41) is 4.29. The van der Waals surface area contributed by atoms with Gasteiger partial charge in [0.25, 0.3) is 5.91 Å². The minimum Gasteiger partial charge on any atom is -0.462 e. The summed E-state index contributed by atoms with van der Waals surface area (Å²) in [7, 11) is 0. The predicted octanol–water partition coefficient (Wildman–Crippen LogP) is 5.32. The van der Waals surface area contributed by atoms with Gasteiger partial charge < -0.3 is 14.5 Å². The van der Waals surface area contributed by atoms with E-state index in [2.05, 4.69) is 17.3 Å². The third-order valence-electron chi connectivity index (χ3n) is 5.40. The molecule has 1 aliphatic rings. The topological polar surface area (TPSA) is 68.2 Å². The van der Waals surface area contributed by atoms with E-state index in [9.17, 15) is 9.59 Å². The SMILES string of the molecule is Cc1cc(C)c2c(c1)C/C(=N\OCC(=O)N(C(C)C)C(C)C)C=CCC/C=C/CCOC2=O. The van der Waals surface area contributed by atoms with E-state index in [0.29, 0.717) is 30.7 Å². The molecule has 0 bridgehead atoms. The number of amides is 1. The van der Waals surface area contributed by atoms with Crippen LogP contribution in [0.4, 0.5) is 0 Å². The van der Waals surface area contributed by atoms with Crippen LogP contribution in [0.3, 0.4) is 0 Å². The molecule has 0 aliphatic carbocycles. The molecule has 0 aromatic heterocycles. The molecular formula is C27H38N2O4. The van der Waals surface area contributed by atoms with Gasteiger partial charge in [0.15, 0.2) is 6.61 Å². The molecule has 33 heavy (non-hydrogen) atoms. The van der Waals surface area contributed by atoms with Gasteiger partial charge in [0.2, 0.25) is 0 Å². The van der Waals surface area contributed by atoms with Crippen molar-refractivity contribution in [3.8, 4) is 0 Å². The van der Waals surface area contributed by atoms with Gasteiger partial charge in [-0.2, -0.15) is 0 Å². The number of esters is 1. The lowest BCUT2D eigenvalue weighted by molar-refractivity contribution is -0.139. The third kappa shape index (κ3) is 8.19. The molecule has 1 amide bonds. The van der Waals surface area contributed by atoms with Crippen LogP contribution in [0.5, 0.6) is 0 Å². The monoisotopic (exact) mass is 454 g/mol. The Kier molecular flexibility index (Phi) is 10.4. The Morgan fingerprint density at radius 1 is 1.06 bits per heavy atom. The highest BCUT2D eigenvalue weighted by molar-refractivity contribution is 6.00. The Hall–Kier alpha value is -2.89. The van der Waals surface area contributed by atoms with Crippen LogP contribution in [0.1, 0.15) is 74.0 Å². The first-order chi connectivity index (χ1) is 15.7. The van der Waals surface area contributed by atoms with E-state index >= 15 is 0 Å². The van der Waals surface area contributed by atoms with Gasteiger partial charge in [0, 0.05) is 18.5 Å². The molecule has 1 aromatic rings. The largest absolute Gasteiger partial charge is 0.462 e. The Balaban J connectivity index is 2.31. The summed E-state index contributed by atoms with van der Waals surface area (Å²) in [5.41, 5.74) is 4.01. The molecule has 0 unspecified atom stereocenters. The first-order valence-corrected chi connectivity index (χ1v) is 11.8. The van der Waals surface area contributed by atoms with Crippen LogP contribution in [-0.4, -0.2) is 47.8 Å². The average Bonchev–Trinajstić information content (AvgIpc) is 2.70. The van der Waals surface area contributed by atoms with Crippen molar-refractivity contribution < 1.29 is 19.2 Å². The number of hydrogen-bond donors (Lipinski definition) is 0. The zero-order chi connectivity index (χ0) is 24.4. The smallest absolute Gasteiger partial charge is 0.338 e. The Morgan fingerprint density at radius 2 is 1.73 bits per heavy atom. The molecule has 6 nitrogen and oxygen atoms in total. The normalized spacial score (nSPS) is 17.5. The van der Waals surface area contributed by atoms with Crippen molar-refractivity contribution in [1.82, 2.24) is 4.90 Å². The summed E-state index contributed by atoms with van der Waals surface area (Å²) in [6.45, 7) is 12.1. The van der Waals surface area contributed by atoms with Crippen molar-refractivity contribution in [2.24, 2.45) is 5.16 Å². The number of cyclic esters (lactones) is 1. The molecule has 1 aliphatic heterocycles. The second-order valence-corrected chi connectivity index (χ2v) is 9.01. The second kappa shape index (κ2) is 13.0. The molecule has 0 radical (unpaired) electrons. The number of carbonyl (C=O) groups is 2. The van der Waals surface area contributed by atoms with Crippen LogP contribution in [0.15, 0.2) is 41.6 Å². The standard InChI is InChI=1S/C27H38N2O4/c1-19(2)29(20(3)4)25(30)18-33-28-24-13-11-9-7-8-10-12-14-32-27(31)26-22(6)15-21(5)16-23(26)17-24/h8,10-11,13,15-16,19-20H,7,9,12,14,17-18H2,1-6H3/b10-8+,13-11?,28-24-. The maximum atomic E-state index is 12.8. The van der Waals surface area contributed by atoms with E-state index in [1.54, 1.807) is 4.90 Å². The highest BCUT2D eigenvalue weighted by atomic mass is 16.6. The molecule has 0 spiro atoms. The number of ether oxygens (including phenoxy) is 1. The van der Waals surface area contributed by atoms with Gasteiger partial charge in [-0.25, -0.2) is 4.79 Å². The van der Waals surface area contributed by atoms with Crippen LogP contribution in [0.2, 0.25) is 0 Å². The van der Waals surface area contributed by atoms with E-state index in [1.807, 2.05) is 65.8 Å². The van der Waals surface area contributed by atoms with Crippen molar-refractivity contribution in [2.45, 2.75) is 79.3 Å². The van der Waals surface area contributed by atoms with Crippen LogP contribution in [0.25, 0.3) is 0 Å². The summed E-state index contributed by atoms with van der Waals surface area (Å²) in [4.78, 5) is 32.7. The number of aryl methyl sites for hydroxylation is 2. The molecule has 180 valence electrons. The molecule has 6 heteroatoms. The summed E-state index contributed by atoms with van der Waals surface area (Å²) in [6, 6.07) is 4.14. The van der Waals surface area contributed by atoms with E-state index in [-0.39, 0.29) is 30.6 Å². The quantitative estimate of drug-likeness (QED) is 0.343. The molecule has 0 N–H and O–H groups in total. The Bertz CT molecular complexity index is 905. The van der Waals surface area contributed by atoms with Crippen molar-refractivity contribution in [3.63, 3.8) is 0 Å². The predicted molar refractivity (Wildman–Crippen MR) is 133 cm³/mol. The number of oxime groups is 1. The molecule has 0 atom stereocenters. The summed E-state index contributed by atoms with van der Waals surface area (Å²) >= 11 is 0. The minimum atomic E-state index is -0.322. The molecular weight excluding hydrogens is 416 g/mol. The minimum absolute atomic E-state index is 0.0832. The van der Waals surface area contributed by atoms with Crippen LogP contribution < -0.4 is 0 Å². The number of benzene rings is 1. The number of hydrogen-bond acceptors (Lipinski definition) is 5. The van der Waals surface area contributed by atoms with Gasteiger partial charge in [-0.05, 0) is 78.0 Å². The molecule has 0 fully saturated rings. The fourth-order valence-corrected chi connectivity index (χ4v) is 4.16. The second-order valence-electron chi connectivity index (χ2n) is 9.01. The molecule has 1 heterocycles. The van der Waals surface area contributed by atoms with Crippen molar-refractivity contribution in [3.05, 3.63) is 58.7 Å². The highest BCUT2D eigenvalue weighted by Gasteiger charge is 2.21. The highest BCUT2D eigenvalue weighted by Crippen LogP contribution is 2.20. The maximum Gasteiger partial charge on any atom is 0.338 e. The van der Waals surface area contributed by atoms with E-state index in [0.717, 1.165) is 29.5 Å². The van der Waals surface area contributed by atoms with Crippen LogP contribution in [-0.2, 0) is 20.8 Å². The van der Waals surface area contributed by atoms with Crippen molar-refractivity contribution >= 4 is 17.6 Å². The van der Waals surface area contributed by atoms with Crippen LogP contribution in [0, 0.1) is 13.8 Å². The van der Waals surface area contributed by atoms with E-state index < -0.39 is 0 Å². The van der Waals surface area contributed by atoms with E-state index in [4.69, 9.17) is 9.57 Å². The van der Waals surface area contributed by atoms with Gasteiger partial charge in [0.1, 0.15) is 0 Å². The zero-order valence-corrected chi connectivity index (χ0v) is 20.9. The zero-order valence-electron chi connectivity index (χ0n) is 20.9. The number of fused-ring (bicyclic) bond motifs is 1. The van der Waals surface area contributed by atoms with Gasteiger partial charge in [0.05, 0.1) is 17.9 Å². The Labute approximate surface area is 198 Å². The fourth-order valence-electron chi connectivity index (χ4n) is 4.16. The lowest BCUT2D eigenvalue weighted by Crippen LogP contribution is -2.43. The summed E-state index contributed by atoms with van der Waals surface area (Å²) < 4.78 is 5.52. The van der Waals surface area contributed by atoms with E-state index in [1.165, 1.54) is 0 Å². The number of rotatable bonds is 5. The molecule has 2 rings (SSSR count). The maximum absolute atomic E-state index is 12.8. The molecule has 0 saturated carbocycles.